The molecule has 0 fully saturated rings. The van der Waals surface area contributed by atoms with E-state index in [9.17, 15) is 0 Å². The largest absolute Gasteiger partial charge is 1.00 e. The number of benzene rings is 2. The molecule has 0 saturated heterocycles. The molecule has 3 nitrogen and oxygen atoms in total. The molecule has 0 spiro atoms. The first-order chi connectivity index (χ1) is 11.3. The Labute approximate surface area is 153 Å². The van der Waals surface area contributed by atoms with E-state index in [0.29, 0.717) is 24.7 Å². The lowest BCUT2D eigenvalue weighted by Crippen LogP contribution is -3.00. The van der Waals surface area contributed by atoms with E-state index in [2.05, 4.69) is 5.32 Å². The van der Waals surface area contributed by atoms with Gasteiger partial charge in [-0.1, -0.05) is 41.9 Å². The van der Waals surface area contributed by atoms with Crippen LogP contribution in [-0.2, 0) is 19.7 Å². The fourth-order valence-electron chi connectivity index (χ4n) is 2.30. The van der Waals surface area contributed by atoms with Gasteiger partial charge in [0.05, 0.1) is 12.8 Å². The maximum Gasteiger partial charge on any atom is 0.124 e. The summed E-state index contributed by atoms with van der Waals surface area (Å²) in [4.78, 5) is 0. The molecule has 0 atom stereocenters. The maximum absolute atomic E-state index is 6.11. The standard InChI is InChI=1S/C19H18ClNO2.ClH/c20-17-8-9-19(23-14-15-5-2-1-3-6-15)16(11-17)12-21-13-18-7-4-10-22-18;/h1-11,21H,12-14H2;1H/p-1. The molecule has 1 aromatic heterocycles. The highest BCUT2D eigenvalue weighted by Gasteiger charge is 2.06. The van der Waals surface area contributed by atoms with Crippen LogP contribution in [0.5, 0.6) is 5.75 Å². The zero-order valence-corrected chi connectivity index (χ0v) is 14.6. The average Bonchev–Trinajstić information content (AvgIpc) is 3.08. The lowest BCUT2D eigenvalue weighted by molar-refractivity contribution is -0.00000538. The van der Waals surface area contributed by atoms with Crippen molar-refractivity contribution in [1.82, 2.24) is 5.32 Å². The van der Waals surface area contributed by atoms with E-state index in [1.807, 2.05) is 60.7 Å². The van der Waals surface area contributed by atoms with Crippen LogP contribution in [0.1, 0.15) is 16.9 Å². The first kappa shape index (κ1) is 18.4. The van der Waals surface area contributed by atoms with Crippen molar-refractivity contribution in [3.05, 3.63) is 88.8 Å². The molecule has 126 valence electrons. The highest BCUT2D eigenvalue weighted by atomic mass is 35.5. The zero-order chi connectivity index (χ0) is 15.9. The molecule has 5 heteroatoms. The number of halogens is 2. The molecule has 0 radical (unpaired) electrons. The van der Waals surface area contributed by atoms with Crippen molar-refractivity contribution in [3.63, 3.8) is 0 Å². The molecule has 1 N–H and O–H groups in total. The van der Waals surface area contributed by atoms with Crippen LogP contribution < -0.4 is 22.5 Å². The monoisotopic (exact) mass is 362 g/mol. The second-order valence-corrected chi connectivity index (χ2v) is 5.65. The Kier molecular flexibility index (Phi) is 7.19. The minimum Gasteiger partial charge on any atom is -1.00 e. The average molecular weight is 363 g/mol. The topological polar surface area (TPSA) is 34.4 Å². The van der Waals surface area contributed by atoms with Crippen LogP contribution in [0.25, 0.3) is 0 Å². The van der Waals surface area contributed by atoms with Crippen LogP contribution >= 0.6 is 11.6 Å². The highest BCUT2D eigenvalue weighted by Crippen LogP contribution is 2.24. The van der Waals surface area contributed by atoms with Crippen LogP contribution in [0.3, 0.4) is 0 Å². The molecule has 3 rings (SSSR count). The Balaban J connectivity index is 0.00000208. The van der Waals surface area contributed by atoms with Gasteiger partial charge in [0.2, 0.25) is 0 Å². The van der Waals surface area contributed by atoms with Crippen LogP contribution in [0.15, 0.2) is 71.3 Å². The summed E-state index contributed by atoms with van der Waals surface area (Å²) >= 11 is 6.11. The molecule has 3 aromatic rings. The summed E-state index contributed by atoms with van der Waals surface area (Å²) in [6.45, 7) is 1.86. The summed E-state index contributed by atoms with van der Waals surface area (Å²) in [5, 5.41) is 4.04. The summed E-state index contributed by atoms with van der Waals surface area (Å²) in [5.41, 5.74) is 2.16. The lowest BCUT2D eigenvalue weighted by Gasteiger charge is -2.12. The molecular weight excluding hydrogens is 345 g/mol. The third-order valence-electron chi connectivity index (χ3n) is 3.45. The van der Waals surface area contributed by atoms with E-state index in [1.165, 1.54) is 0 Å². The molecule has 1 heterocycles. The molecule has 0 amide bonds. The normalized spacial score (nSPS) is 10.2. The summed E-state index contributed by atoms with van der Waals surface area (Å²) in [7, 11) is 0. The summed E-state index contributed by atoms with van der Waals surface area (Å²) in [6.07, 6.45) is 1.67. The number of hydrogen-bond donors (Lipinski definition) is 1. The molecule has 0 aliphatic heterocycles. The third kappa shape index (κ3) is 5.31. The van der Waals surface area contributed by atoms with E-state index >= 15 is 0 Å². The van der Waals surface area contributed by atoms with Gasteiger partial charge in [0.1, 0.15) is 18.1 Å². The molecule has 0 aliphatic rings. The van der Waals surface area contributed by atoms with Gasteiger partial charge in [0.25, 0.3) is 0 Å². The van der Waals surface area contributed by atoms with Gasteiger partial charge < -0.3 is 26.9 Å². The first-order valence-electron chi connectivity index (χ1n) is 7.49. The molecule has 24 heavy (non-hydrogen) atoms. The number of rotatable bonds is 7. The smallest absolute Gasteiger partial charge is 0.124 e. The van der Waals surface area contributed by atoms with Crippen LogP contribution in [-0.4, -0.2) is 0 Å². The van der Waals surface area contributed by atoms with Crippen LogP contribution in [0.2, 0.25) is 5.02 Å². The van der Waals surface area contributed by atoms with Crippen molar-refractivity contribution in [3.8, 4) is 5.75 Å². The van der Waals surface area contributed by atoms with Crippen molar-refractivity contribution in [2.24, 2.45) is 0 Å². The van der Waals surface area contributed by atoms with Gasteiger partial charge in [-0.2, -0.15) is 0 Å². The fourth-order valence-corrected chi connectivity index (χ4v) is 2.49. The molecule has 2 aromatic carbocycles. The zero-order valence-electron chi connectivity index (χ0n) is 13.0. The van der Waals surface area contributed by atoms with Gasteiger partial charge >= 0.3 is 0 Å². The Morgan fingerprint density at radius 1 is 0.958 bits per heavy atom. The van der Waals surface area contributed by atoms with Gasteiger partial charge in [0.15, 0.2) is 0 Å². The summed E-state index contributed by atoms with van der Waals surface area (Å²) in [6, 6.07) is 19.6. The molecule has 0 saturated carbocycles. The predicted molar refractivity (Wildman–Crippen MR) is 91.5 cm³/mol. The van der Waals surface area contributed by atoms with Crippen molar-refractivity contribution >= 4 is 11.6 Å². The predicted octanol–water partition coefficient (Wildman–Crippen LogP) is 1.81. The second kappa shape index (κ2) is 9.38. The Hall–Kier alpha value is -1.94. The number of nitrogens with one attached hydrogen (secondary N) is 1. The van der Waals surface area contributed by atoms with Crippen molar-refractivity contribution < 1.29 is 21.6 Å². The Morgan fingerprint density at radius 3 is 2.54 bits per heavy atom. The SMILES string of the molecule is Clc1ccc(OCc2ccccc2)c(CNCc2ccco2)c1.[Cl-]. The van der Waals surface area contributed by atoms with E-state index in [-0.39, 0.29) is 12.4 Å². The summed E-state index contributed by atoms with van der Waals surface area (Å²) in [5.74, 6) is 1.74. The highest BCUT2D eigenvalue weighted by molar-refractivity contribution is 6.30. The Morgan fingerprint density at radius 2 is 1.79 bits per heavy atom. The van der Waals surface area contributed by atoms with Crippen LogP contribution in [0.4, 0.5) is 0 Å². The number of ether oxygens (including phenoxy) is 1. The maximum atomic E-state index is 6.11. The van der Waals surface area contributed by atoms with Gasteiger partial charge in [-0.25, -0.2) is 0 Å². The second-order valence-electron chi connectivity index (χ2n) is 5.21. The van der Waals surface area contributed by atoms with E-state index in [1.54, 1.807) is 6.26 Å². The van der Waals surface area contributed by atoms with Gasteiger partial charge in [0, 0.05) is 17.1 Å². The molecule has 0 bridgehead atoms. The van der Waals surface area contributed by atoms with Gasteiger partial charge in [-0.3, -0.25) is 0 Å². The van der Waals surface area contributed by atoms with Crippen molar-refractivity contribution in [2.75, 3.05) is 0 Å². The summed E-state index contributed by atoms with van der Waals surface area (Å²) < 4.78 is 11.3. The van der Waals surface area contributed by atoms with E-state index in [0.717, 1.165) is 22.6 Å². The minimum atomic E-state index is 0. The number of furan rings is 1. The molecule has 0 unspecified atom stereocenters. The first-order valence-corrected chi connectivity index (χ1v) is 7.87. The quantitative estimate of drug-likeness (QED) is 0.695. The minimum absolute atomic E-state index is 0. The van der Waals surface area contributed by atoms with Gasteiger partial charge in [-0.05, 0) is 35.9 Å². The third-order valence-corrected chi connectivity index (χ3v) is 3.69. The van der Waals surface area contributed by atoms with Crippen molar-refractivity contribution in [2.45, 2.75) is 19.7 Å². The van der Waals surface area contributed by atoms with E-state index in [4.69, 9.17) is 20.8 Å². The fraction of sp³-hybridized carbons (Fsp3) is 0.158. The lowest BCUT2D eigenvalue weighted by atomic mass is 10.2. The number of hydrogen-bond acceptors (Lipinski definition) is 3. The van der Waals surface area contributed by atoms with Crippen molar-refractivity contribution in [1.29, 1.82) is 0 Å². The van der Waals surface area contributed by atoms with Gasteiger partial charge in [-0.15, -0.1) is 0 Å². The van der Waals surface area contributed by atoms with E-state index < -0.39 is 0 Å². The Bertz CT molecular complexity index is 730. The van der Waals surface area contributed by atoms with Crippen LogP contribution in [0, 0.1) is 0 Å². The molecule has 0 aliphatic carbocycles. The molecular formula is C19H18Cl2NO2-.